The highest BCUT2D eigenvalue weighted by Crippen LogP contribution is 2.23. The molecule has 1 aromatic heterocycles. The van der Waals surface area contributed by atoms with Crippen LogP contribution in [0, 0.1) is 0 Å². The molecular formula is C12H21N3O. The molecule has 0 radical (unpaired) electrons. The molecule has 90 valence electrons. The average Bonchev–Trinajstić information content (AvgIpc) is 2.88. The van der Waals surface area contributed by atoms with E-state index in [-0.39, 0.29) is 0 Å². The average molecular weight is 223 g/mol. The Bertz CT molecular complexity index is 318. The molecule has 2 atom stereocenters. The second kappa shape index (κ2) is 5.46. The number of nitrogens with zero attached hydrogens (tertiary/aromatic N) is 2. The van der Waals surface area contributed by atoms with Gasteiger partial charge in [0.1, 0.15) is 5.82 Å². The molecule has 1 aliphatic rings. The molecule has 2 heterocycles. The third-order valence-electron chi connectivity index (χ3n) is 3.14. The van der Waals surface area contributed by atoms with Gasteiger partial charge in [-0.15, -0.1) is 0 Å². The molecule has 0 saturated carbocycles. The molecule has 4 heteroatoms. The monoisotopic (exact) mass is 223 g/mol. The molecular weight excluding hydrogens is 202 g/mol. The summed E-state index contributed by atoms with van der Waals surface area (Å²) in [5.41, 5.74) is 0. The Kier molecular flexibility index (Phi) is 3.96. The third kappa shape index (κ3) is 2.62. The van der Waals surface area contributed by atoms with Crippen molar-refractivity contribution in [1.82, 2.24) is 14.9 Å². The second-order valence-electron chi connectivity index (χ2n) is 4.38. The van der Waals surface area contributed by atoms with Gasteiger partial charge in [-0.1, -0.05) is 6.92 Å². The second-order valence-corrected chi connectivity index (χ2v) is 4.38. The summed E-state index contributed by atoms with van der Waals surface area (Å²) >= 11 is 0. The first-order valence-electron chi connectivity index (χ1n) is 6.13. The van der Waals surface area contributed by atoms with E-state index in [9.17, 15) is 0 Å². The van der Waals surface area contributed by atoms with Gasteiger partial charge in [0.15, 0.2) is 0 Å². The zero-order valence-corrected chi connectivity index (χ0v) is 10.1. The smallest absolute Gasteiger partial charge is 0.125 e. The van der Waals surface area contributed by atoms with E-state index in [1.165, 1.54) is 12.8 Å². The SMILES string of the molecule is CCNC(CC1CCCO1)c1nccn1C. The molecule has 1 aliphatic heterocycles. The summed E-state index contributed by atoms with van der Waals surface area (Å²) in [6.07, 6.45) is 7.67. The number of rotatable bonds is 5. The standard InChI is InChI=1S/C12H21N3O/c1-3-13-11(9-10-5-4-8-16-10)12-14-6-7-15(12)2/h6-7,10-11,13H,3-5,8-9H2,1-2H3. The lowest BCUT2D eigenvalue weighted by molar-refractivity contribution is 0.0935. The van der Waals surface area contributed by atoms with Crippen molar-refractivity contribution in [3.63, 3.8) is 0 Å². The van der Waals surface area contributed by atoms with Crippen LogP contribution in [0.1, 0.15) is 38.1 Å². The lowest BCUT2D eigenvalue weighted by Crippen LogP contribution is -2.27. The summed E-state index contributed by atoms with van der Waals surface area (Å²) in [6.45, 7) is 4.01. The summed E-state index contributed by atoms with van der Waals surface area (Å²) in [6, 6.07) is 0.313. The van der Waals surface area contributed by atoms with Crippen molar-refractivity contribution in [3.05, 3.63) is 18.2 Å². The van der Waals surface area contributed by atoms with E-state index >= 15 is 0 Å². The van der Waals surface area contributed by atoms with Crippen molar-refractivity contribution in [3.8, 4) is 0 Å². The van der Waals surface area contributed by atoms with Gasteiger partial charge in [-0.05, 0) is 25.8 Å². The van der Waals surface area contributed by atoms with Gasteiger partial charge in [-0.25, -0.2) is 4.98 Å². The highest BCUT2D eigenvalue weighted by Gasteiger charge is 2.23. The number of nitrogens with one attached hydrogen (secondary N) is 1. The topological polar surface area (TPSA) is 39.1 Å². The Morgan fingerprint density at radius 2 is 2.56 bits per heavy atom. The lowest BCUT2D eigenvalue weighted by Gasteiger charge is -2.20. The largest absolute Gasteiger partial charge is 0.378 e. The van der Waals surface area contributed by atoms with E-state index in [1.807, 2.05) is 19.4 Å². The Balaban J connectivity index is 2.01. The maximum Gasteiger partial charge on any atom is 0.125 e. The van der Waals surface area contributed by atoms with Gasteiger partial charge in [0, 0.05) is 26.0 Å². The Morgan fingerprint density at radius 3 is 3.12 bits per heavy atom. The summed E-state index contributed by atoms with van der Waals surface area (Å²) in [7, 11) is 2.04. The minimum Gasteiger partial charge on any atom is -0.378 e. The fourth-order valence-corrected chi connectivity index (χ4v) is 2.33. The van der Waals surface area contributed by atoms with Gasteiger partial charge >= 0.3 is 0 Å². The fourth-order valence-electron chi connectivity index (χ4n) is 2.33. The third-order valence-corrected chi connectivity index (χ3v) is 3.14. The van der Waals surface area contributed by atoms with Crippen molar-refractivity contribution in [2.75, 3.05) is 13.2 Å². The van der Waals surface area contributed by atoms with E-state index in [0.29, 0.717) is 12.1 Å². The summed E-state index contributed by atoms with van der Waals surface area (Å²) in [5, 5.41) is 3.49. The van der Waals surface area contributed by atoms with Gasteiger partial charge in [-0.2, -0.15) is 0 Å². The molecule has 0 amide bonds. The van der Waals surface area contributed by atoms with E-state index in [1.54, 1.807) is 0 Å². The highest BCUT2D eigenvalue weighted by atomic mass is 16.5. The first-order chi connectivity index (χ1) is 7.81. The van der Waals surface area contributed by atoms with Crippen LogP contribution in [0.4, 0.5) is 0 Å². The number of imidazole rings is 1. The summed E-state index contributed by atoms with van der Waals surface area (Å²) in [5.74, 6) is 1.11. The summed E-state index contributed by atoms with van der Waals surface area (Å²) < 4.78 is 7.78. The summed E-state index contributed by atoms with van der Waals surface area (Å²) in [4.78, 5) is 4.42. The van der Waals surface area contributed by atoms with Crippen LogP contribution in [0.5, 0.6) is 0 Å². The van der Waals surface area contributed by atoms with Crippen LogP contribution < -0.4 is 5.32 Å². The van der Waals surface area contributed by atoms with Gasteiger partial charge in [0.25, 0.3) is 0 Å². The predicted molar refractivity (Wildman–Crippen MR) is 63.2 cm³/mol. The first-order valence-corrected chi connectivity index (χ1v) is 6.13. The first kappa shape index (κ1) is 11.6. The van der Waals surface area contributed by atoms with Crippen LogP contribution >= 0.6 is 0 Å². The van der Waals surface area contributed by atoms with Crippen molar-refractivity contribution in [1.29, 1.82) is 0 Å². The lowest BCUT2D eigenvalue weighted by atomic mass is 10.1. The highest BCUT2D eigenvalue weighted by molar-refractivity contribution is 4.99. The molecule has 0 aromatic carbocycles. The van der Waals surface area contributed by atoms with Crippen molar-refractivity contribution in [2.45, 2.75) is 38.3 Å². The Labute approximate surface area is 97.0 Å². The molecule has 0 bridgehead atoms. The number of aromatic nitrogens is 2. The van der Waals surface area contributed by atoms with Crippen LogP contribution in [-0.2, 0) is 11.8 Å². The zero-order valence-electron chi connectivity index (χ0n) is 10.1. The van der Waals surface area contributed by atoms with Crippen molar-refractivity contribution >= 4 is 0 Å². The van der Waals surface area contributed by atoms with Crippen molar-refractivity contribution < 1.29 is 4.74 Å². The maximum absolute atomic E-state index is 5.69. The molecule has 2 unspecified atom stereocenters. The van der Waals surface area contributed by atoms with E-state index in [4.69, 9.17) is 4.74 Å². The molecule has 2 rings (SSSR count). The van der Waals surface area contributed by atoms with Crippen LogP contribution in [0.3, 0.4) is 0 Å². The van der Waals surface area contributed by atoms with Gasteiger partial charge in [0.2, 0.25) is 0 Å². The number of aryl methyl sites for hydroxylation is 1. The predicted octanol–water partition coefficient (Wildman–Crippen LogP) is 1.64. The number of hydrogen-bond acceptors (Lipinski definition) is 3. The van der Waals surface area contributed by atoms with E-state index in [0.717, 1.165) is 25.4 Å². The van der Waals surface area contributed by atoms with Crippen LogP contribution in [0.2, 0.25) is 0 Å². The van der Waals surface area contributed by atoms with Crippen LogP contribution in [0.15, 0.2) is 12.4 Å². The normalized spacial score (nSPS) is 22.5. The van der Waals surface area contributed by atoms with Gasteiger partial charge < -0.3 is 14.6 Å². The van der Waals surface area contributed by atoms with E-state index < -0.39 is 0 Å². The molecule has 0 spiro atoms. The van der Waals surface area contributed by atoms with Crippen LogP contribution in [0.25, 0.3) is 0 Å². The number of ether oxygens (including phenoxy) is 1. The fraction of sp³-hybridized carbons (Fsp3) is 0.750. The molecule has 1 saturated heterocycles. The minimum atomic E-state index is 0.313. The molecule has 0 aliphatic carbocycles. The molecule has 1 aromatic rings. The minimum absolute atomic E-state index is 0.313. The number of hydrogen-bond donors (Lipinski definition) is 1. The Hall–Kier alpha value is -0.870. The molecule has 1 N–H and O–H groups in total. The maximum atomic E-state index is 5.69. The zero-order chi connectivity index (χ0) is 11.4. The molecule has 16 heavy (non-hydrogen) atoms. The van der Waals surface area contributed by atoms with Crippen LogP contribution in [-0.4, -0.2) is 28.8 Å². The van der Waals surface area contributed by atoms with Crippen molar-refractivity contribution in [2.24, 2.45) is 7.05 Å². The van der Waals surface area contributed by atoms with E-state index in [2.05, 4.69) is 21.8 Å². The van der Waals surface area contributed by atoms with Gasteiger partial charge in [-0.3, -0.25) is 0 Å². The molecule has 1 fully saturated rings. The quantitative estimate of drug-likeness (QED) is 0.825. The van der Waals surface area contributed by atoms with Gasteiger partial charge in [0.05, 0.1) is 12.1 Å². The molecule has 4 nitrogen and oxygen atoms in total. The Morgan fingerprint density at radius 1 is 1.69 bits per heavy atom.